The lowest BCUT2D eigenvalue weighted by Crippen LogP contribution is -2.40. The van der Waals surface area contributed by atoms with Crippen LogP contribution in [0.5, 0.6) is 5.75 Å². The number of piperidine rings is 1. The predicted octanol–water partition coefficient (Wildman–Crippen LogP) is 4.22. The second kappa shape index (κ2) is 10.4. The molecule has 1 aromatic carbocycles. The molecule has 33 heavy (non-hydrogen) atoms. The molecular formula is C24H26N4O4S. The van der Waals surface area contributed by atoms with Gasteiger partial charge in [0, 0.05) is 36.5 Å². The third kappa shape index (κ3) is 6.29. The van der Waals surface area contributed by atoms with E-state index in [0.29, 0.717) is 44.1 Å². The van der Waals surface area contributed by atoms with Gasteiger partial charge in [0.1, 0.15) is 18.1 Å². The molecule has 4 rings (SSSR count). The number of carbonyl (C=O) groups is 2. The van der Waals surface area contributed by atoms with E-state index < -0.39 is 0 Å². The van der Waals surface area contributed by atoms with E-state index >= 15 is 0 Å². The highest BCUT2D eigenvalue weighted by Gasteiger charge is 2.27. The average molecular weight is 467 g/mol. The Hall–Kier alpha value is -3.46. The summed E-state index contributed by atoms with van der Waals surface area (Å²) >= 11 is 1.60. The number of nitrogens with one attached hydrogen (secondary N) is 1. The van der Waals surface area contributed by atoms with Crippen LogP contribution in [0, 0.1) is 19.8 Å². The molecular weight excluding hydrogens is 440 g/mol. The quantitative estimate of drug-likeness (QED) is 0.524. The summed E-state index contributed by atoms with van der Waals surface area (Å²) in [7, 11) is 0. The SMILES string of the molecule is Cc1cc(NC(=O)C2CCN(C(=O)/C=C/c3cccc(OCc4csc(C)n4)c3)CC2)no1. The van der Waals surface area contributed by atoms with E-state index in [2.05, 4.69) is 15.5 Å². The van der Waals surface area contributed by atoms with Crippen molar-refractivity contribution in [3.8, 4) is 5.75 Å². The van der Waals surface area contributed by atoms with Gasteiger partial charge < -0.3 is 19.5 Å². The van der Waals surface area contributed by atoms with Crippen LogP contribution in [0.25, 0.3) is 6.08 Å². The lowest BCUT2D eigenvalue weighted by molar-refractivity contribution is -0.130. The van der Waals surface area contributed by atoms with Gasteiger partial charge in [-0.25, -0.2) is 4.98 Å². The van der Waals surface area contributed by atoms with Crippen molar-refractivity contribution in [1.29, 1.82) is 0 Å². The molecule has 0 unspecified atom stereocenters. The average Bonchev–Trinajstić information content (AvgIpc) is 3.43. The highest BCUT2D eigenvalue weighted by atomic mass is 32.1. The maximum absolute atomic E-state index is 12.6. The molecule has 1 saturated heterocycles. The fourth-order valence-corrected chi connectivity index (χ4v) is 4.23. The summed E-state index contributed by atoms with van der Waals surface area (Å²) in [6.45, 7) is 5.22. The molecule has 9 heteroatoms. The summed E-state index contributed by atoms with van der Waals surface area (Å²) in [5, 5.41) is 9.56. The first-order valence-electron chi connectivity index (χ1n) is 10.8. The first-order chi connectivity index (χ1) is 16.0. The zero-order chi connectivity index (χ0) is 23.2. The van der Waals surface area contributed by atoms with Gasteiger partial charge in [-0.2, -0.15) is 0 Å². The molecule has 0 saturated carbocycles. The molecule has 2 aromatic heterocycles. The van der Waals surface area contributed by atoms with E-state index in [0.717, 1.165) is 22.0 Å². The molecule has 0 aliphatic carbocycles. The zero-order valence-electron chi connectivity index (χ0n) is 18.6. The van der Waals surface area contributed by atoms with E-state index in [9.17, 15) is 9.59 Å². The topological polar surface area (TPSA) is 97.6 Å². The lowest BCUT2D eigenvalue weighted by Gasteiger charge is -2.30. The van der Waals surface area contributed by atoms with Crippen LogP contribution in [-0.2, 0) is 16.2 Å². The summed E-state index contributed by atoms with van der Waals surface area (Å²) in [5.74, 6) is 1.49. The van der Waals surface area contributed by atoms with Crippen molar-refractivity contribution in [1.82, 2.24) is 15.0 Å². The van der Waals surface area contributed by atoms with Gasteiger partial charge in [0.25, 0.3) is 0 Å². The number of hydrogen-bond acceptors (Lipinski definition) is 7. The summed E-state index contributed by atoms with van der Waals surface area (Å²) in [4.78, 5) is 31.2. The Bertz CT molecular complexity index is 1140. The molecule has 3 heterocycles. The van der Waals surface area contributed by atoms with E-state index in [-0.39, 0.29) is 17.7 Å². The number of anilines is 1. The molecule has 8 nitrogen and oxygen atoms in total. The van der Waals surface area contributed by atoms with Crippen LogP contribution < -0.4 is 10.1 Å². The monoisotopic (exact) mass is 466 g/mol. The van der Waals surface area contributed by atoms with Gasteiger partial charge in [0.15, 0.2) is 5.82 Å². The first-order valence-corrected chi connectivity index (χ1v) is 11.7. The second-order valence-electron chi connectivity index (χ2n) is 7.96. The van der Waals surface area contributed by atoms with Gasteiger partial charge in [-0.1, -0.05) is 17.3 Å². The van der Waals surface area contributed by atoms with Crippen molar-refractivity contribution in [3.63, 3.8) is 0 Å². The highest BCUT2D eigenvalue weighted by Crippen LogP contribution is 2.21. The molecule has 0 radical (unpaired) electrons. The molecule has 1 fully saturated rings. The van der Waals surface area contributed by atoms with Crippen LogP contribution in [0.3, 0.4) is 0 Å². The summed E-state index contributed by atoms with van der Waals surface area (Å²) in [6.07, 6.45) is 4.58. The minimum absolute atomic E-state index is 0.0646. The first kappa shape index (κ1) is 22.7. The van der Waals surface area contributed by atoms with Crippen LogP contribution in [0.4, 0.5) is 5.82 Å². The number of aromatic nitrogens is 2. The van der Waals surface area contributed by atoms with E-state index in [1.54, 1.807) is 41.4 Å². The summed E-state index contributed by atoms with van der Waals surface area (Å²) in [5.41, 5.74) is 1.79. The van der Waals surface area contributed by atoms with Gasteiger partial charge in [0.2, 0.25) is 11.8 Å². The second-order valence-corrected chi connectivity index (χ2v) is 9.03. The largest absolute Gasteiger partial charge is 0.487 e. The van der Waals surface area contributed by atoms with Crippen LogP contribution in [0.1, 0.15) is 34.9 Å². The van der Waals surface area contributed by atoms with Crippen molar-refractivity contribution >= 4 is 35.0 Å². The number of ether oxygens (including phenoxy) is 1. The van der Waals surface area contributed by atoms with Gasteiger partial charge >= 0.3 is 0 Å². The van der Waals surface area contributed by atoms with Gasteiger partial charge in [-0.15, -0.1) is 11.3 Å². The molecule has 1 aliphatic heterocycles. The number of aryl methyl sites for hydroxylation is 2. The maximum atomic E-state index is 12.6. The van der Waals surface area contributed by atoms with Crippen molar-refractivity contribution < 1.29 is 18.8 Å². The fourth-order valence-electron chi connectivity index (χ4n) is 3.63. The number of rotatable bonds is 7. The standard InChI is InChI=1S/C24H26N4O4S/c1-16-12-22(27-32-16)26-24(30)19-8-10-28(11-9-19)23(29)7-6-18-4-3-5-21(13-18)31-14-20-15-33-17(2)25-20/h3-7,12-13,15,19H,8-11,14H2,1-2H3,(H,26,27,30)/b7-6+. The van der Waals surface area contributed by atoms with E-state index in [1.165, 1.54) is 0 Å². The van der Waals surface area contributed by atoms with E-state index in [1.807, 2.05) is 36.6 Å². The summed E-state index contributed by atoms with van der Waals surface area (Å²) < 4.78 is 10.8. The molecule has 0 spiro atoms. The Balaban J connectivity index is 1.25. The smallest absolute Gasteiger partial charge is 0.246 e. The Kier molecular flexibility index (Phi) is 7.19. The Morgan fingerprint density at radius 3 is 2.79 bits per heavy atom. The number of thiazole rings is 1. The van der Waals surface area contributed by atoms with Gasteiger partial charge in [-0.05, 0) is 50.5 Å². The Morgan fingerprint density at radius 2 is 2.09 bits per heavy atom. The van der Waals surface area contributed by atoms with E-state index in [4.69, 9.17) is 9.26 Å². The number of benzene rings is 1. The number of amides is 2. The maximum Gasteiger partial charge on any atom is 0.246 e. The van der Waals surface area contributed by atoms with Crippen molar-refractivity contribution in [2.75, 3.05) is 18.4 Å². The van der Waals surface area contributed by atoms with Crippen LogP contribution in [0.15, 0.2) is 46.3 Å². The molecule has 3 aromatic rings. The van der Waals surface area contributed by atoms with Crippen molar-refractivity contribution in [2.45, 2.75) is 33.3 Å². The molecule has 172 valence electrons. The highest BCUT2D eigenvalue weighted by molar-refractivity contribution is 7.09. The van der Waals surface area contributed by atoms with Crippen molar-refractivity contribution in [3.05, 3.63) is 63.8 Å². The van der Waals surface area contributed by atoms with Gasteiger partial charge in [0.05, 0.1) is 10.7 Å². The molecule has 0 bridgehead atoms. The van der Waals surface area contributed by atoms with Crippen LogP contribution in [0.2, 0.25) is 0 Å². The van der Waals surface area contributed by atoms with Crippen LogP contribution >= 0.6 is 11.3 Å². The molecule has 0 atom stereocenters. The Labute approximate surface area is 196 Å². The Morgan fingerprint density at radius 1 is 1.27 bits per heavy atom. The minimum atomic E-state index is -0.148. The number of hydrogen-bond donors (Lipinski definition) is 1. The lowest BCUT2D eigenvalue weighted by atomic mass is 9.96. The molecule has 2 amide bonds. The molecule has 1 aliphatic rings. The molecule has 1 N–H and O–H groups in total. The third-order valence-electron chi connectivity index (χ3n) is 5.39. The number of likely N-dealkylation sites (tertiary alicyclic amines) is 1. The minimum Gasteiger partial charge on any atom is -0.487 e. The number of nitrogens with zero attached hydrogens (tertiary/aromatic N) is 3. The van der Waals surface area contributed by atoms with Crippen molar-refractivity contribution in [2.24, 2.45) is 5.92 Å². The number of carbonyl (C=O) groups excluding carboxylic acids is 2. The summed E-state index contributed by atoms with van der Waals surface area (Å²) in [6, 6.07) is 9.28. The zero-order valence-corrected chi connectivity index (χ0v) is 19.4. The van der Waals surface area contributed by atoms with Crippen LogP contribution in [-0.4, -0.2) is 39.9 Å². The third-order valence-corrected chi connectivity index (χ3v) is 6.21. The predicted molar refractivity (Wildman–Crippen MR) is 126 cm³/mol. The normalized spacial score (nSPS) is 14.5. The van der Waals surface area contributed by atoms with Gasteiger partial charge in [-0.3, -0.25) is 9.59 Å². The fraction of sp³-hybridized carbons (Fsp3) is 0.333.